The number of nitrogens with zero attached hydrogens (tertiary/aromatic N) is 3. The van der Waals surface area contributed by atoms with Crippen LogP contribution < -0.4 is 11.1 Å². The number of likely N-dealkylation sites (tertiary alicyclic amines) is 1. The molecule has 1 saturated heterocycles. The van der Waals surface area contributed by atoms with Crippen molar-refractivity contribution in [1.82, 2.24) is 20.4 Å². The van der Waals surface area contributed by atoms with Gasteiger partial charge in [-0.1, -0.05) is 65.8 Å². The van der Waals surface area contributed by atoms with Crippen molar-refractivity contribution in [3.05, 3.63) is 113 Å². The molecule has 2 unspecified atom stereocenters. The van der Waals surface area contributed by atoms with E-state index in [4.69, 9.17) is 10.3 Å². The minimum atomic E-state index is -0.504. The summed E-state index contributed by atoms with van der Waals surface area (Å²) in [4.78, 5) is 32.2. The van der Waals surface area contributed by atoms with Crippen LogP contribution in [0.15, 0.2) is 89.8 Å². The van der Waals surface area contributed by atoms with Gasteiger partial charge in [0.05, 0.1) is 23.7 Å². The summed E-state index contributed by atoms with van der Waals surface area (Å²) in [5.41, 5.74) is 9.89. The molecule has 0 aliphatic carbocycles. The summed E-state index contributed by atoms with van der Waals surface area (Å²) in [7, 11) is 0. The molecule has 1 aliphatic rings. The number of hydrogen-bond donors (Lipinski definition) is 2. The second kappa shape index (κ2) is 9.42. The molecule has 2 aromatic heterocycles. The van der Waals surface area contributed by atoms with Gasteiger partial charge in [0.1, 0.15) is 12.1 Å². The highest BCUT2D eigenvalue weighted by Gasteiger charge is 2.52. The molecule has 2 aromatic carbocycles. The van der Waals surface area contributed by atoms with Gasteiger partial charge in [-0.2, -0.15) is 0 Å². The van der Waals surface area contributed by atoms with E-state index in [-0.39, 0.29) is 5.91 Å². The summed E-state index contributed by atoms with van der Waals surface area (Å²) in [5.74, 6) is -0.328. The van der Waals surface area contributed by atoms with Crippen molar-refractivity contribution in [2.24, 2.45) is 5.92 Å². The molecular weight excluding hydrogens is 442 g/mol. The standard InChI is InChI=1S/C27H25N5O3/c1-17-22(16-35-31-17)25-21(14-18-12-13-29-23(28)15-18)26(33)32(25)27(34)30-24(19-8-4-2-5-9-19)20-10-6-3-7-11-20/h2-13,15-16,21,24-25H,14H2,1H3,(H2,28,29)(H,30,34). The zero-order valence-electron chi connectivity index (χ0n) is 19.2. The first-order valence-electron chi connectivity index (χ1n) is 11.4. The zero-order chi connectivity index (χ0) is 24.4. The van der Waals surface area contributed by atoms with E-state index in [9.17, 15) is 9.59 Å². The van der Waals surface area contributed by atoms with Crippen LogP contribution in [0.4, 0.5) is 10.6 Å². The van der Waals surface area contributed by atoms with E-state index in [1.54, 1.807) is 19.2 Å². The van der Waals surface area contributed by atoms with E-state index in [2.05, 4.69) is 15.5 Å². The number of amides is 3. The first kappa shape index (κ1) is 22.3. The molecule has 8 heteroatoms. The number of carbonyl (C=O) groups is 2. The number of pyridine rings is 1. The van der Waals surface area contributed by atoms with Gasteiger partial charge in [0.2, 0.25) is 5.91 Å². The van der Waals surface area contributed by atoms with E-state index < -0.39 is 24.0 Å². The van der Waals surface area contributed by atoms with Crippen molar-refractivity contribution in [3.8, 4) is 0 Å². The second-order valence-corrected chi connectivity index (χ2v) is 8.61. The Morgan fingerprint density at radius 3 is 2.31 bits per heavy atom. The number of hydrogen-bond acceptors (Lipinski definition) is 6. The van der Waals surface area contributed by atoms with Gasteiger partial charge in [0.25, 0.3) is 0 Å². The number of nitrogens with one attached hydrogen (secondary N) is 1. The van der Waals surface area contributed by atoms with Gasteiger partial charge in [-0.05, 0) is 42.2 Å². The number of β-lactam (4-membered cyclic amide) rings is 1. The summed E-state index contributed by atoms with van der Waals surface area (Å²) in [5, 5.41) is 7.05. The highest BCUT2D eigenvalue weighted by atomic mass is 16.5. The van der Waals surface area contributed by atoms with E-state index in [0.717, 1.165) is 16.7 Å². The van der Waals surface area contributed by atoms with Gasteiger partial charge in [0.15, 0.2) is 0 Å². The molecule has 176 valence electrons. The van der Waals surface area contributed by atoms with Crippen molar-refractivity contribution in [3.63, 3.8) is 0 Å². The third kappa shape index (κ3) is 4.38. The molecular formula is C27H25N5O3. The summed E-state index contributed by atoms with van der Waals surface area (Å²) in [6.45, 7) is 1.80. The molecule has 1 aliphatic heterocycles. The second-order valence-electron chi connectivity index (χ2n) is 8.61. The first-order chi connectivity index (χ1) is 17.0. The van der Waals surface area contributed by atoms with Crippen LogP contribution in [0.3, 0.4) is 0 Å². The maximum Gasteiger partial charge on any atom is 0.325 e. The van der Waals surface area contributed by atoms with Crippen molar-refractivity contribution in [2.45, 2.75) is 25.4 Å². The monoisotopic (exact) mass is 467 g/mol. The molecule has 0 radical (unpaired) electrons. The number of carbonyl (C=O) groups excluding carboxylic acids is 2. The molecule has 0 spiro atoms. The molecule has 0 saturated carbocycles. The predicted octanol–water partition coefficient (Wildman–Crippen LogP) is 4.20. The fourth-order valence-corrected chi connectivity index (χ4v) is 4.63. The van der Waals surface area contributed by atoms with Crippen LogP contribution in [-0.4, -0.2) is 27.0 Å². The number of benzene rings is 2. The minimum absolute atomic E-state index is 0.261. The Balaban J connectivity index is 1.44. The first-order valence-corrected chi connectivity index (χ1v) is 11.4. The Kier molecular flexibility index (Phi) is 6.01. The van der Waals surface area contributed by atoms with Crippen LogP contribution in [0.5, 0.6) is 0 Å². The molecule has 2 atom stereocenters. The largest absolute Gasteiger partial charge is 0.384 e. The van der Waals surface area contributed by atoms with Gasteiger partial charge in [-0.3, -0.25) is 9.69 Å². The number of anilines is 1. The van der Waals surface area contributed by atoms with Crippen LogP contribution in [0, 0.1) is 12.8 Å². The lowest BCUT2D eigenvalue weighted by atomic mass is 9.79. The lowest BCUT2D eigenvalue weighted by Crippen LogP contribution is -2.61. The predicted molar refractivity (Wildman–Crippen MR) is 130 cm³/mol. The van der Waals surface area contributed by atoms with Crippen molar-refractivity contribution < 1.29 is 14.1 Å². The topological polar surface area (TPSA) is 114 Å². The maximum atomic E-state index is 13.6. The molecule has 1 fully saturated rings. The Hall–Kier alpha value is -4.46. The SMILES string of the molecule is Cc1nocc1C1C(Cc2ccnc(N)c2)C(=O)N1C(=O)NC(c1ccccc1)c1ccccc1. The molecule has 8 nitrogen and oxygen atoms in total. The lowest BCUT2D eigenvalue weighted by molar-refractivity contribution is -0.150. The molecule has 35 heavy (non-hydrogen) atoms. The van der Waals surface area contributed by atoms with Crippen LogP contribution >= 0.6 is 0 Å². The number of nitrogen functional groups attached to an aromatic ring is 1. The highest BCUT2D eigenvalue weighted by Crippen LogP contribution is 2.43. The van der Waals surface area contributed by atoms with Crippen molar-refractivity contribution in [1.29, 1.82) is 0 Å². The zero-order valence-corrected chi connectivity index (χ0v) is 19.2. The highest BCUT2D eigenvalue weighted by molar-refractivity contribution is 6.02. The van der Waals surface area contributed by atoms with E-state index in [1.807, 2.05) is 66.7 Å². The normalized spacial score (nSPS) is 17.3. The Labute approximate surface area is 202 Å². The number of aryl methyl sites for hydroxylation is 1. The molecule has 4 aromatic rings. The Morgan fingerprint density at radius 2 is 1.74 bits per heavy atom. The minimum Gasteiger partial charge on any atom is -0.384 e. The molecule has 3 heterocycles. The number of nitrogens with two attached hydrogens (primary N) is 1. The molecule has 3 amide bonds. The fourth-order valence-electron chi connectivity index (χ4n) is 4.63. The number of imide groups is 1. The van der Waals surface area contributed by atoms with Crippen LogP contribution in [-0.2, 0) is 11.2 Å². The summed E-state index contributed by atoms with van der Waals surface area (Å²) < 4.78 is 5.15. The quantitative estimate of drug-likeness (QED) is 0.411. The van der Waals surface area contributed by atoms with Gasteiger partial charge < -0.3 is 15.6 Å². The lowest BCUT2D eigenvalue weighted by Gasteiger charge is -2.45. The Morgan fingerprint density at radius 1 is 1.09 bits per heavy atom. The average Bonchev–Trinajstić information content (AvgIpc) is 3.30. The third-order valence-corrected chi connectivity index (χ3v) is 6.37. The number of aromatic nitrogens is 2. The molecule has 0 bridgehead atoms. The van der Waals surface area contributed by atoms with Gasteiger partial charge in [0, 0.05) is 11.8 Å². The maximum absolute atomic E-state index is 13.6. The molecule has 3 N–H and O–H groups in total. The van der Waals surface area contributed by atoms with Crippen LogP contribution in [0.25, 0.3) is 0 Å². The fraction of sp³-hybridized carbons (Fsp3) is 0.185. The van der Waals surface area contributed by atoms with Crippen LogP contribution in [0.2, 0.25) is 0 Å². The van der Waals surface area contributed by atoms with Gasteiger partial charge in [-0.15, -0.1) is 0 Å². The summed E-state index contributed by atoms with van der Waals surface area (Å²) >= 11 is 0. The Bertz CT molecular complexity index is 1300. The van der Waals surface area contributed by atoms with Gasteiger partial charge in [-0.25, -0.2) is 9.78 Å². The third-order valence-electron chi connectivity index (χ3n) is 6.37. The average molecular weight is 468 g/mol. The summed E-state index contributed by atoms with van der Waals surface area (Å²) in [6, 6.07) is 21.5. The summed E-state index contributed by atoms with van der Waals surface area (Å²) in [6.07, 6.45) is 3.54. The van der Waals surface area contributed by atoms with E-state index in [0.29, 0.717) is 23.5 Å². The van der Waals surface area contributed by atoms with E-state index >= 15 is 0 Å². The van der Waals surface area contributed by atoms with Crippen molar-refractivity contribution in [2.75, 3.05) is 5.73 Å². The number of urea groups is 1. The molecule has 5 rings (SSSR count). The van der Waals surface area contributed by atoms with Gasteiger partial charge >= 0.3 is 6.03 Å². The van der Waals surface area contributed by atoms with Crippen molar-refractivity contribution >= 4 is 17.8 Å². The number of rotatable bonds is 6. The van der Waals surface area contributed by atoms with E-state index in [1.165, 1.54) is 11.2 Å². The smallest absolute Gasteiger partial charge is 0.325 e. The van der Waals surface area contributed by atoms with Crippen LogP contribution in [0.1, 0.15) is 40.0 Å².